The van der Waals surface area contributed by atoms with E-state index in [4.69, 9.17) is 0 Å². The Morgan fingerprint density at radius 1 is 1.04 bits per heavy atom. The topological polar surface area (TPSA) is 49.4 Å². The van der Waals surface area contributed by atoms with Crippen LogP contribution in [0.4, 0.5) is 0 Å². The summed E-state index contributed by atoms with van der Waals surface area (Å²) in [5.74, 6) is 1.08. The second-order valence-corrected chi connectivity index (χ2v) is 8.22. The van der Waals surface area contributed by atoms with Gasteiger partial charge >= 0.3 is 0 Å². The highest BCUT2D eigenvalue weighted by Crippen LogP contribution is 2.24. The zero-order valence-corrected chi connectivity index (χ0v) is 16.2. The van der Waals surface area contributed by atoms with E-state index in [0.717, 1.165) is 37.9 Å². The molecule has 1 heterocycles. The van der Waals surface area contributed by atoms with Gasteiger partial charge in [-0.25, -0.2) is 0 Å². The lowest BCUT2D eigenvalue weighted by molar-refractivity contribution is -0.123. The molecule has 2 atom stereocenters. The Bertz CT molecular complexity index is 618. The Morgan fingerprint density at radius 3 is 2.35 bits per heavy atom. The van der Waals surface area contributed by atoms with E-state index in [1.165, 1.54) is 24.8 Å². The summed E-state index contributed by atoms with van der Waals surface area (Å²) in [7, 11) is 0. The number of piperidine rings is 1. The third kappa shape index (κ3) is 4.94. The molecule has 1 aromatic carbocycles. The molecule has 4 nitrogen and oxygen atoms in total. The van der Waals surface area contributed by atoms with Gasteiger partial charge in [-0.05, 0) is 51.6 Å². The molecule has 1 aliphatic carbocycles. The minimum atomic E-state index is 0.0929. The van der Waals surface area contributed by atoms with Crippen LogP contribution in [0.2, 0.25) is 0 Å². The highest BCUT2D eigenvalue weighted by molar-refractivity contribution is 5.97. The van der Waals surface area contributed by atoms with Crippen molar-refractivity contribution in [3.05, 3.63) is 35.4 Å². The largest absolute Gasteiger partial charge is 0.352 e. The number of benzene rings is 1. The van der Waals surface area contributed by atoms with E-state index in [1.54, 1.807) is 0 Å². The molecule has 1 saturated carbocycles. The predicted molar refractivity (Wildman–Crippen MR) is 104 cm³/mol. The fourth-order valence-electron chi connectivity index (χ4n) is 4.29. The summed E-state index contributed by atoms with van der Waals surface area (Å²) in [5, 5.41) is 3.23. The summed E-state index contributed by atoms with van der Waals surface area (Å²) in [4.78, 5) is 27.2. The van der Waals surface area contributed by atoms with Crippen molar-refractivity contribution in [2.45, 2.75) is 58.4 Å². The summed E-state index contributed by atoms with van der Waals surface area (Å²) in [6.45, 7) is 6.40. The molecule has 0 bridgehead atoms. The number of Topliss-reactive ketones (excluding diaryl/α,β-unsaturated/α-hetero) is 1. The molecule has 4 heteroatoms. The monoisotopic (exact) mass is 356 g/mol. The van der Waals surface area contributed by atoms with Crippen LogP contribution in [0, 0.1) is 18.8 Å². The molecule has 1 amide bonds. The van der Waals surface area contributed by atoms with Crippen molar-refractivity contribution >= 4 is 11.7 Å². The van der Waals surface area contributed by atoms with Crippen LogP contribution in [0.15, 0.2) is 24.3 Å². The van der Waals surface area contributed by atoms with Gasteiger partial charge in [0.25, 0.3) is 0 Å². The maximum Gasteiger partial charge on any atom is 0.234 e. The number of hydrogen-bond donors (Lipinski definition) is 1. The zero-order chi connectivity index (χ0) is 18.5. The molecule has 2 aliphatic rings. The first-order chi connectivity index (χ1) is 12.5. The first kappa shape index (κ1) is 19.1. The quantitative estimate of drug-likeness (QED) is 0.820. The number of rotatable bonds is 5. The fourth-order valence-corrected chi connectivity index (χ4v) is 4.29. The lowest BCUT2D eigenvalue weighted by Gasteiger charge is -2.33. The smallest absolute Gasteiger partial charge is 0.234 e. The molecule has 0 aromatic heterocycles. The maximum absolute atomic E-state index is 12.6. The van der Waals surface area contributed by atoms with Gasteiger partial charge in [-0.1, -0.05) is 49.6 Å². The van der Waals surface area contributed by atoms with E-state index in [0.29, 0.717) is 18.5 Å². The summed E-state index contributed by atoms with van der Waals surface area (Å²) in [6.07, 6.45) is 6.54. The summed E-state index contributed by atoms with van der Waals surface area (Å²) < 4.78 is 0. The van der Waals surface area contributed by atoms with Crippen LogP contribution < -0.4 is 5.32 Å². The number of nitrogens with zero attached hydrogens (tertiary/aromatic N) is 1. The SMILES string of the molecule is Cc1ccc(C(=O)C2CCN(CC(=O)N[C@@H]3CCCC[C@@H]3C)CC2)cc1. The molecule has 1 aliphatic heterocycles. The molecule has 1 saturated heterocycles. The van der Waals surface area contributed by atoms with Crippen molar-refractivity contribution in [3.8, 4) is 0 Å². The molecule has 2 fully saturated rings. The minimum absolute atomic E-state index is 0.0929. The van der Waals surface area contributed by atoms with E-state index < -0.39 is 0 Å². The van der Waals surface area contributed by atoms with Crippen LogP contribution in [0.1, 0.15) is 61.4 Å². The third-order valence-electron chi connectivity index (χ3n) is 6.12. The Morgan fingerprint density at radius 2 is 1.69 bits per heavy atom. The van der Waals surface area contributed by atoms with Crippen molar-refractivity contribution in [1.82, 2.24) is 10.2 Å². The summed E-state index contributed by atoms with van der Waals surface area (Å²) in [5.41, 5.74) is 1.99. The lowest BCUT2D eigenvalue weighted by Crippen LogP contribution is -2.47. The van der Waals surface area contributed by atoms with Gasteiger partial charge in [0.2, 0.25) is 5.91 Å². The molecule has 3 rings (SSSR count). The Balaban J connectivity index is 1.44. The standard InChI is InChI=1S/C22H32N2O2/c1-16-7-9-18(10-8-16)22(26)19-11-13-24(14-12-19)15-21(25)23-20-6-4-3-5-17(20)2/h7-10,17,19-20H,3-6,11-15H2,1-2H3,(H,23,25)/t17-,20+/m0/s1. The number of amides is 1. The number of carbonyl (C=O) groups is 2. The van der Waals surface area contributed by atoms with Gasteiger partial charge in [-0.2, -0.15) is 0 Å². The molecule has 0 radical (unpaired) electrons. The fraction of sp³-hybridized carbons (Fsp3) is 0.636. The highest BCUT2D eigenvalue weighted by Gasteiger charge is 2.28. The predicted octanol–water partition coefficient (Wildman–Crippen LogP) is 3.58. The van der Waals surface area contributed by atoms with E-state index >= 15 is 0 Å². The molecule has 142 valence electrons. The maximum atomic E-state index is 12.6. The first-order valence-corrected chi connectivity index (χ1v) is 10.2. The zero-order valence-electron chi connectivity index (χ0n) is 16.2. The second-order valence-electron chi connectivity index (χ2n) is 8.22. The van der Waals surface area contributed by atoms with Crippen molar-refractivity contribution < 1.29 is 9.59 Å². The Hall–Kier alpha value is -1.68. The minimum Gasteiger partial charge on any atom is -0.352 e. The Labute approximate surface area is 157 Å². The van der Waals surface area contributed by atoms with Crippen molar-refractivity contribution in [2.24, 2.45) is 11.8 Å². The van der Waals surface area contributed by atoms with Gasteiger partial charge in [0.05, 0.1) is 6.54 Å². The average molecular weight is 357 g/mol. The summed E-state index contributed by atoms with van der Waals surface area (Å²) in [6, 6.07) is 8.21. The second kappa shape index (κ2) is 8.81. The van der Waals surface area contributed by atoms with Crippen LogP contribution in [-0.4, -0.2) is 42.3 Å². The summed E-state index contributed by atoms with van der Waals surface area (Å²) >= 11 is 0. The lowest BCUT2D eigenvalue weighted by atomic mass is 9.86. The van der Waals surface area contributed by atoms with E-state index in [9.17, 15) is 9.59 Å². The molecule has 0 spiro atoms. The van der Waals surface area contributed by atoms with E-state index in [2.05, 4.69) is 17.1 Å². The van der Waals surface area contributed by atoms with Crippen LogP contribution in [0.5, 0.6) is 0 Å². The van der Waals surface area contributed by atoms with Gasteiger partial charge in [0.1, 0.15) is 0 Å². The molecule has 1 aromatic rings. The van der Waals surface area contributed by atoms with E-state index in [-0.39, 0.29) is 17.6 Å². The molecular weight excluding hydrogens is 324 g/mol. The van der Waals surface area contributed by atoms with Crippen molar-refractivity contribution in [1.29, 1.82) is 0 Å². The number of aryl methyl sites for hydroxylation is 1. The first-order valence-electron chi connectivity index (χ1n) is 10.2. The normalized spacial score (nSPS) is 25.0. The molecular formula is C22H32N2O2. The van der Waals surface area contributed by atoms with Crippen LogP contribution in [0.3, 0.4) is 0 Å². The van der Waals surface area contributed by atoms with Crippen molar-refractivity contribution in [3.63, 3.8) is 0 Å². The average Bonchev–Trinajstić information content (AvgIpc) is 2.64. The van der Waals surface area contributed by atoms with E-state index in [1.807, 2.05) is 31.2 Å². The van der Waals surface area contributed by atoms with Gasteiger partial charge in [-0.15, -0.1) is 0 Å². The van der Waals surface area contributed by atoms with Gasteiger partial charge in [0, 0.05) is 17.5 Å². The van der Waals surface area contributed by atoms with Crippen LogP contribution in [0.25, 0.3) is 0 Å². The molecule has 26 heavy (non-hydrogen) atoms. The van der Waals surface area contributed by atoms with Crippen molar-refractivity contribution in [2.75, 3.05) is 19.6 Å². The van der Waals surface area contributed by atoms with Gasteiger partial charge < -0.3 is 5.32 Å². The number of hydrogen-bond acceptors (Lipinski definition) is 3. The number of likely N-dealkylation sites (tertiary alicyclic amines) is 1. The number of ketones is 1. The van der Waals surface area contributed by atoms with Gasteiger partial charge in [-0.3, -0.25) is 14.5 Å². The van der Waals surface area contributed by atoms with Crippen LogP contribution in [-0.2, 0) is 4.79 Å². The number of carbonyl (C=O) groups excluding carboxylic acids is 2. The third-order valence-corrected chi connectivity index (χ3v) is 6.12. The number of nitrogens with one attached hydrogen (secondary N) is 1. The van der Waals surface area contributed by atoms with Crippen LogP contribution >= 0.6 is 0 Å². The van der Waals surface area contributed by atoms with Gasteiger partial charge in [0.15, 0.2) is 5.78 Å². The molecule has 0 unspecified atom stereocenters. The Kier molecular flexibility index (Phi) is 6.47. The highest BCUT2D eigenvalue weighted by atomic mass is 16.2. The molecule has 1 N–H and O–H groups in total.